The van der Waals surface area contributed by atoms with Crippen molar-refractivity contribution in [3.05, 3.63) is 12.7 Å². The van der Waals surface area contributed by atoms with Crippen LogP contribution >= 0.6 is 0 Å². The van der Waals surface area contributed by atoms with Crippen LogP contribution in [0.15, 0.2) is 12.7 Å². The molecule has 0 aromatic heterocycles. The molecule has 3 saturated carbocycles. The van der Waals surface area contributed by atoms with Crippen molar-refractivity contribution in [2.75, 3.05) is 0 Å². The van der Waals surface area contributed by atoms with Crippen molar-refractivity contribution in [2.24, 2.45) is 35.5 Å². The number of carbonyl (C=O) groups excluding carboxylic acids is 3. The zero-order valence-corrected chi connectivity index (χ0v) is 16.6. The number of fused-ring (bicyclic) bond motifs is 5. The first-order valence-corrected chi connectivity index (χ1v) is 9.88. The average Bonchev–Trinajstić information content (AvgIpc) is 3.23. The van der Waals surface area contributed by atoms with E-state index in [-0.39, 0.29) is 17.8 Å². The number of carbonyl (C=O) groups is 3. The van der Waals surface area contributed by atoms with Gasteiger partial charge in [0.25, 0.3) is 0 Å². The van der Waals surface area contributed by atoms with E-state index in [9.17, 15) is 14.4 Å². The summed E-state index contributed by atoms with van der Waals surface area (Å²) in [6, 6.07) is 0. The summed E-state index contributed by atoms with van der Waals surface area (Å²) in [4.78, 5) is 37.2. The van der Waals surface area contributed by atoms with E-state index in [1.54, 1.807) is 0 Å². The highest BCUT2D eigenvalue weighted by Gasteiger charge is 2.64. The fourth-order valence-corrected chi connectivity index (χ4v) is 5.59. The fraction of sp³-hybridized carbons (Fsp3) is 0.762. The molecule has 7 atom stereocenters. The Labute approximate surface area is 160 Å². The lowest BCUT2D eigenvalue weighted by atomic mass is 9.69. The topological polar surface area (TPSA) is 78.9 Å². The second-order valence-corrected chi connectivity index (χ2v) is 9.05. The SMILES string of the molecule is C=CC(=O)OC(C)OC(=O)C1C2CC(C3CCCC32)C1C(=O)OC(C)(C)C. The van der Waals surface area contributed by atoms with E-state index in [4.69, 9.17) is 14.2 Å². The maximum absolute atomic E-state index is 12.9. The minimum absolute atomic E-state index is 0.148. The lowest BCUT2D eigenvalue weighted by molar-refractivity contribution is -0.192. The van der Waals surface area contributed by atoms with Gasteiger partial charge in [-0.1, -0.05) is 13.0 Å². The first-order chi connectivity index (χ1) is 12.6. The summed E-state index contributed by atoms with van der Waals surface area (Å²) in [6.07, 6.45) is 4.27. The molecule has 0 radical (unpaired) electrons. The Balaban J connectivity index is 1.77. The molecule has 0 N–H and O–H groups in total. The van der Waals surface area contributed by atoms with E-state index < -0.39 is 35.7 Å². The molecule has 6 heteroatoms. The second kappa shape index (κ2) is 7.28. The first kappa shape index (κ1) is 19.9. The van der Waals surface area contributed by atoms with E-state index in [0.29, 0.717) is 11.8 Å². The van der Waals surface area contributed by atoms with E-state index >= 15 is 0 Å². The van der Waals surface area contributed by atoms with Gasteiger partial charge in [0.15, 0.2) is 0 Å². The molecule has 0 heterocycles. The summed E-state index contributed by atoms with van der Waals surface area (Å²) in [7, 11) is 0. The van der Waals surface area contributed by atoms with E-state index in [1.165, 1.54) is 6.92 Å². The molecular formula is C21H30O6. The average molecular weight is 378 g/mol. The van der Waals surface area contributed by atoms with Crippen LogP contribution in [0.25, 0.3) is 0 Å². The van der Waals surface area contributed by atoms with Gasteiger partial charge in [-0.15, -0.1) is 0 Å². The molecule has 0 amide bonds. The van der Waals surface area contributed by atoms with Crippen LogP contribution in [-0.4, -0.2) is 29.8 Å². The van der Waals surface area contributed by atoms with Gasteiger partial charge >= 0.3 is 17.9 Å². The fourth-order valence-electron chi connectivity index (χ4n) is 5.59. The summed E-state index contributed by atoms with van der Waals surface area (Å²) in [6.45, 7) is 10.3. The molecule has 0 saturated heterocycles. The van der Waals surface area contributed by atoms with Crippen molar-refractivity contribution in [2.45, 2.75) is 65.3 Å². The van der Waals surface area contributed by atoms with Crippen LogP contribution in [0.5, 0.6) is 0 Å². The highest BCUT2D eigenvalue weighted by atomic mass is 16.7. The third kappa shape index (κ3) is 3.90. The number of ether oxygens (including phenoxy) is 3. The molecule has 0 aromatic carbocycles. The van der Waals surface area contributed by atoms with Crippen molar-refractivity contribution in [1.82, 2.24) is 0 Å². The first-order valence-electron chi connectivity index (χ1n) is 9.88. The van der Waals surface area contributed by atoms with Crippen molar-refractivity contribution < 1.29 is 28.6 Å². The van der Waals surface area contributed by atoms with Crippen LogP contribution in [0.3, 0.4) is 0 Å². The summed E-state index contributed by atoms with van der Waals surface area (Å²) in [5.41, 5.74) is -0.602. The monoisotopic (exact) mass is 378 g/mol. The Morgan fingerprint density at radius 3 is 2.04 bits per heavy atom. The Morgan fingerprint density at radius 2 is 1.52 bits per heavy atom. The smallest absolute Gasteiger partial charge is 0.333 e. The van der Waals surface area contributed by atoms with Crippen LogP contribution < -0.4 is 0 Å². The molecule has 0 spiro atoms. The summed E-state index contributed by atoms with van der Waals surface area (Å²) >= 11 is 0. The van der Waals surface area contributed by atoms with E-state index in [2.05, 4.69) is 6.58 Å². The third-order valence-electron chi connectivity index (χ3n) is 6.26. The molecular weight excluding hydrogens is 348 g/mol. The van der Waals surface area contributed by atoms with Gasteiger partial charge < -0.3 is 14.2 Å². The molecule has 0 aliphatic heterocycles. The van der Waals surface area contributed by atoms with E-state index in [1.807, 2.05) is 20.8 Å². The second-order valence-electron chi connectivity index (χ2n) is 9.05. The Bertz CT molecular complexity index is 633. The highest BCUT2D eigenvalue weighted by Crippen LogP contribution is 2.63. The van der Waals surface area contributed by atoms with Crippen LogP contribution in [-0.2, 0) is 28.6 Å². The molecule has 3 aliphatic rings. The molecule has 3 fully saturated rings. The molecule has 7 unspecified atom stereocenters. The van der Waals surface area contributed by atoms with Crippen LogP contribution in [0.4, 0.5) is 0 Å². The van der Waals surface area contributed by atoms with Gasteiger partial charge in [0.05, 0.1) is 11.8 Å². The lowest BCUT2D eigenvalue weighted by Crippen LogP contribution is -2.44. The minimum atomic E-state index is -1.01. The zero-order valence-electron chi connectivity index (χ0n) is 16.6. The van der Waals surface area contributed by atoms with Crippen molar-refractivity contribution >= 4 is 17.9 Å². The Kier molecular flexibility index (Phi) is 5.37. The van der Waals surface area contributed by atoms with Crippen molar-refractivity contribution in [3.8, 4) is 0 Å². The van der Waals surface area contributed by atoms with Crippen molar-refractivity contribution in [1.29, 1.82) is 0 Å². The van der Waals surface area contributed by atoms with Gasteiger partial charge in [0, 0.05) is 13.0 Å². The largest absolute Gasteiger partial charge is 0.460 e. The zero-order chi connectivity index (χ0) is 19.9. The standard InChI is InChI=1S/C21H30O6/c1-6-16(22)25-11(2)26-19(23)17-14-10-15(13-9-7-8-12(13)14)18(17)20(24)27-21(3,4)5/h6,11-15,17-18H,1,7-10H2,2-5H3. The Hall–Kier alpha value is -1.85. The van der Waals surface area contributed by atoms with Crippen LogP contribution in [0, 0.1) is 35.5 Å². The number of hydrogen-bond acceptors (Lipinski definition) is 6. The third-order valence-corrected chi connectivity index (χ3v) is 6.26. The predicted octanol–water partition coefficient (Wildman–Crippen LogP) is 3.24. The van der Waals surface area contributed by atoms with Crippen molar-refractivity contribution in [3.63, 3.8) is 0 Å². The molecule has 0 aromatic rings. The van der Waals surface area contributed by atoms with Gasteiger partial charge in [0.2, 0.25) is 6.29 Å². The number of esters is 3. The normalized spacial score (nSPS) is 35.3. The van der Waals surface area contributed by atoms with Gasteiger partial charge in [-0.3, -0.25) is 9.59 Å². The highest BCUT2D eigenvalue weighted by molar-refractivity contribution is 5.84. The van der Waals surface area contributed by atoms with Gasteiger partial charge in [0.1, 0.15) is 5.60 Å². The lowest BCUT2D eigenvalue weighted by Gasteiger charge is -2.37. The molecule has 2 bridgehead atoms. The molecule has 27 heavy (non-hydrogen) atoms. The van der Waals surface area contributed by atoms with E-state index in [0.717, 1.165) is 31.8 Å². The summed E-state index contributed by atoms with van der Waals surface area (Å²) in [5.74, 6) is -1.09. The number of hydrogen-bond donors (Lipinski definition) is 0. The molecule has 150 valence electrons. The summed E-state index contributed by atoms with van der Waals surface area (Å²) in [5, 5.41) is 0. The van der Waals surface area contributed by atoms with Gasteiger partial charge in [-0.2, -0.15) is 0 Å². The molecule has 6 nitrogen and oxygen atoms in total. The van der Waals surface area contributed by atoms with Crippen LogP contribution in [0.2, 0.25) is 0 Å². The Morgan fingerprint density at radius 1 is 0.963 bits per heavy atom. The molecule has 3 aliphatic carbocycles. The quantitative estimate of drug-likeness (QED) is 0.415. The summed E-state index contributed by atoms with van der Waals surface area (Å²) < 4.78 is 16.0. The molecule has 3 rings (SSSR count). The predicted molar refractivity (Wildman–Crippen MR) is 97.1 cm³/mol. The number of rotatable bonds is 5. The maximum atomic E-state index is 12.9. The van der Waals surface area contributed by atoms with Gasteiger partial charge in [-0.05, 0) is 63.7 Å². The minimum Gasteiger partial charge on any atom is -0.460 e. The van der Waals surface area contributed by atoms with Crippen LogP contribution in [0.1, 0.15) is 53.4 Å². The maximum Gasteiger partial charge on any atom is 0.333 e. The van der Waals surface area contributed by atoms with Gasteiger partial charge in [-0.25, -0.2) is 4.79 Å².